The van der Waals surface area contributed by atoms with E-state index >= 15 is 0 Å². The maximum Gasteiger partial charge on any atom is 0.263 e. The highest BCUT2D eigenvalue weighted by Gasteiger charge is 2.40. The van der Waals surface area contributed by atoms with Crippen LogP contribution in [0.5, 0.6) is 0 Å². The van der Waals surface area contributed by atoms with Gasteiger partial charge in [-0.05, 0) is 26.3 Å². The molecule has 0 radical (unpaired) electrons. The Morgan fingerprint density at radius 3 is 2.72 bits per heavy atom. The largest absolute Gasteiger partial charge is 0.487 e. The molecule has 0 spiro atoms. The van der Waals surface area contributed by atoms with Crippen molar-refractivity contribution in [1.29, 1.82) is 0 Å². The van der Waals surface area contributed by atoms with Crippen LogP contribution in [-0.4, -0.2) is 29.0 Å². The summed E-state index contributed by atoms with van der Waals surface area (Å²) >= 11 is 0. The molecule has 0 saturated heterocycles. The van der Waals surface area contributed by atoms with Crippen molar-refractivity contribution < 1.29 is 19.4 Å². The molecular formula is C13H17NO4. The summed E-state index contributed by atoms with van der Waals surface area (Å²) < 4.78 is 5.69. The van der Waals surface area contributed by atoms with Crippen LogP contribution < -0.4 is 5.32 Å². The third kappa shape index (κ3) is 2.18. The number of aliphatic hydroxyl groups excluding tert-OH is 1. The first-order valence-corrected chi connectivity index (χ1v) is 6.01. The highest BCUT2D eigenvalue weighted by Crippen LogP contribution is 2.33. The minimum absolute atomic E-state index is 0.119. The van der Waals surface area contributed by atoms with Crippen LogP contribution in [-0.2, 0) is 14.3 Å². The number of amides is 1. The van der Waals surface area contributed by atoms with Crippen molar-refractivity contribution in [2.24, 2.45) is 0 Å². The summed E-state index contributed by atoms with van der Waals surface area (Å²) in [6, 6.07) is 0. The zero-order chi connectivity index (χ0) is 13.4. The van der Waals surface area contributed by atoms with Crippen LogP contribution in [0.15, 0.2) is 22.6 Å². The standard InChI is InChI=1S/C13H17NO4/c1-6(2)11-12-10(13(17)14-11)9(16)5-8(18-12)4-7(3)15/h7-8,15H,4-5H2,1-3H3,(H,14,17)/t7?,8-/m0/s1. The monoisotopic (exact) mass is 251 g/mol. The lowest BCUT2D eigenvalue weighted by molar-refractivity contribution is -0.124. The summed E-state index contributed by atoms with van der Waals surface area (Å²) in [5.41, 5.74) is 1.59. The average Bonchev–Trinajstić information content (AvgIpc) is 2.55. The van der Waals surface area contributed by atoms with E-state index in [9.17, 15) is 14.7 Å². The molecule has 2 aliphatic heterocycles. The second-order valence-corrected chi connectivity index (χ2v) is 4.99. The molecule has 2 aliphatic rings. The number of aliphatic hydroxyl groups is 1. The summed E-state index contributed by atoms with van der Waals surface area (Å²) in [5.74, 6) is -0.251. The van der Waals surface area contributed by atoms with E-state index in [0.717, 1.165) is 5.57 Å². The summed E-state index contributed by atoms with van der Waals surface area (Å²) in [4.78, 5) is 23.7. The molecule has 2 rings (SSSR count). The Morgan fingerprint density at radius 1 is 1.50 bits per heavy atom. The van der Waals surface area contributed by atoms with E-state index in [4.69, 9.17) is 4.74 Å². The van der Waals surface area contributed by atoms with Crippen LogP contribution in [0.3, 0.4) is 0 Å². The maximum absolute atomic E-state index is 11.9. The van der Waals surface area contributed by atoms with E-state index in [2.05, 4.69) is 5.32 Å². The number of hydrogen-bond acceptors (Lipinski definition) is 4. The van der Waals surface area contributed by atoms with Gasteiger partial charge in [0.2, 0.25) is 0 Å². The molecule has 0 aliphatic carbocycles. The van der Waals surface area contributed by atoms with Crippen molar-refractivity contribution in [2.75, 3.05) is 0 Å². The number of nitrogens with one attached hydrogen (secondary N) is 1. The van der Waals surface area contributed by atoms with E-state index in [1.807, 2.05) is 13.8 Å². The Labute approximate surface area is 106 Å². The molecule has 98 valence electrons. The van der Waals surface area contributed by atoms with Crippen molar-refractivity contribution in [1.82, 2.24) is 5.32 Å². The summed E-state index contributed by atoms with van der Waals surface area (Å²) in [6.45, 7) is 5.34. The van der Waals surface area contributed by atoms with Gasteiger partial charge in [0.15, 0.2) is 11.5 Å². The van der Waals surface area contributed by atoms with Crippen molar-refractivity contribution in [3.05, 3.63) is 22.6 Å². The van der Waals surface area contributed by atoms with E-state index in [1.165, 1.54) is 0 Å². The van der Waals surface area contributed by atoms with Gasteiger partial charge < -0.3 is 15.2 Å². The van der Waals surface area contributed by atoms with Crippen LogP contribution in [0.25, 0.3) is 0 Å². The molecule has 0 bridgehead atoms. The molecule has 0 aromatic heterocycles. The zero-order valence-corrected chi connectivity index (χ0v) is 10.7. The highest BCUT2D eigenvalue weighted by molar-refractivity contribution is 6.23. The average molecular weight is 251 g/mol. The van der Waals surface area contributed by atoms with Gasteiger partial charge >= 0.3 is 0 Å². The topological polar surface area (TPSA) is 75.6 Å². The first kappa shape index (κ1) is 12.8. The molecule has 0 aromatic rings. The van der Waals surface area contributed by atoms with Gasteiger partial charge in [0.05, 0.1) is 11.8 Å². The minimum Gasteiger partial charge on any atom is -0.487 e. The second-order valence-electron chi connectivity index (χ2n) is 4.99. The highest BCUT2D eigenvalue weighted by atomic mass is 16.5. The quantitative estimate of drug-likeness (QED) is 0.712. The number of ketones is 1. The lowest BCUT2D eigenvalue weighted by Crippen LogP contribution is -2.29. The van der Waals surface area contributed by atoms with Gasteiger partial charge in [-0.3, -0.25) is 9.59 Å². The Bertz CT molecular complexity index is 469. The molecular weight excluding hydrogens is 234 g/mol. The van der Waals surface area contributed by atoms with Crippen LogP contribution in [0, 0.1) is 0 Å². The van der Waals surface area contributed by atoms with Crippen LogP contribution >= 0.6 is 0 Å². The predicted molar refractivity (Wildman–Crippen MR) is 64.3 cm³/mol. The van der Waals surface area contributed by atoms with E-state index in [-0.39, 0.29) is 29.8 Å². The van der Waals surface area contributed by atoms with Gasteiger partial charge in [0, 0.05) is 12.8 Å². The summed E-state index contributed by atoms with van der Waals surface area (Å²) in [5, 5.41) is 12.0. The van der Waals surface area contributed by atoms with Crippen molar-refractivity contribution in [3.63, 3.8) is 0 Å². The van der Waals surface area contributed by atoms with Crippen LogP contribution in [0.4, 0.5) is 0 Å². The Hall–Kier alpha value is -1.62. The molecule has 1 amide bonds. The van der Waals surface area contributed by atoms with E-state index in [1.54, 1.807) is 6.92 Å². The molecule has 1 unspecified atom stereocenters. The Morgan fingerprint density at radius 2 is 2.17 bits per heavy atom. The van der Waals surface area contributed by atoms with Gasteiger partial charge in [-0.1, -0.05) is 0 Å². The van der Waals surface area contributed by atoms with Gasteiger partial charge in [-0.2, -0.15) is 0 Å². The number of rotatable bonds is 2. The molecule has 0 aromatic carbocycles. The number of Topliss-reactive ketones (excluding diaryl/α,β-unsaturated/α-hetero) is 1. The fraction of sp³-hybridized carbons (Fsp3) is 0.538. The lowest BCUT2D eigenvalue weighted by atomic mass is 9.98. The summed E-state index contributed by atoms with van der Waals surface area (Å²) in [6.07, 6.45) is -0.372. The molecule has 0 fully saturated rings. The third-order valence-corrected chi connectivity index (χ3v) is 3.00. The number of carbonyl (C=O) groups is 2. The number of hydrogen-bond donors (Lipinski definition) is 2. The fourth-order valence-electron chi connectivity index (χ4n) is 2.21. The summed E-state index contributed by atoms with van der Waals surface area (Å²) in [7, 11) is 0. The van der Waals surface area contributed by atoms with Crippen molar-refractivity contribution in [3.8, 4) is 0 Å². The third-order valence-electron chi connectivity index (χ3n) is 3.00. The number of allylic oxidation sites excluding steroid dienone is 1. The van der Waals surface area contributed by atoms with Crippen molar-refractivity contribution in [2.45, 2.75) is 45.8 Å². The number of ether oxygens (including phenoxy) is 1. The van der Waals surface area contributed by atoms with Gasteiger partial charge in [-0.25, -0.2) is 0 Å². The smallest absolute Gasteiger partial charge is 0.263 e. The molecule has 2 N–H and O–H groups in total. The van der Waals surface area contributed by atoms with Gasteiger partial charge in [0.25, 0.3) is 5.91 Å². The minimum atomic E-state index is -0.537. The van der Waals surface area contributed by atoms with E-state index in [0.29, 0.717) is 17.9 Å². The molecule has 5 nitrogen and oxygen atoms in total. The second kappa shape index (κ2) is 4.57. The maximum atomic E-state index is 11.9. The fourth-order valence-corrected chi connectivity index (χ4v) is 2.21. The van der Waals surface area contributed by atoms with Crippen LogP contribution in [0.2, 0.25) is 0 Å². The SMILES string of the molecule is CC(C)=C1NC(=O)C2=C1O[C@@H](CC(C)O)CC2=O. The Kier molecular flexibility index (Phi) is 3.26. The van der Waals surface area contributed by atoms with E-state index < -0.39 is 6.10 Å². The van der Waals surface area contributed by atoms with Crippen LogP contribution in [0.1, 0.15) is 33.6 Å². The van der Waals surface area contributed by atoms with Crippen molar-refractivity contribution >= 4 is 11.7 Å². The first-order valence-electron chi connectivity index (χ1n) is 6.01. The molecule has 18 heavy (non-hydrogen) atoms. The molecule has 2 heterocycles. The predicted octanol–water partition coefficient (Wildman–Crippen LogP) is 0.793. The Balaban J connectivity index is 2.34. The molecule has 5 heteroatoms. The normalized spacial score (nSPS) is 24.7. The first-order chi connectivity index (χ1) is 8.40. The van der Waals surface area contributed by atoms with Gasteiger partial charge in [-0.15, -0.1) is 0 Å². The lowest BCUT2D eigenvalue weighted by Gasteiger charge is -2.25. The van der Waals surface area contributed by atoms with Gasteiger partial charge in [0.1, 0.15) is 11.7 Å². The number of carbonyl (C=O) groups excluding carboxylic acids is 2. The molecule has 0 saturated carbocycles. The molecule has 2 atom stereocenters. The zero-order valence-electron chi connectivity index (χ0n) is 10.7.